The van der Waals surface area contributed by atoms with Gasteiger partial charge in [0, 0.05) is 5.56 Å². The third-order valence-electron chi connectivity index (χ3n) is 1.97. The molecule has 0 bridgehead atoms. The van der Waals surface area contributed by atoms with Gasteiger partial charge in [-0.2, -0.15) is 0 Å². The summed E-state index contributed by atoms with van der Waals surface area (Å²) >= 11 is 5.56. The molecule has 18 heavy (non-hydrogen) atoms. The molecule has 5 nitrogen and oxygen atoms in total. The minimum Gasteiger partial charge on any atom is -0.409 e. The molecule has 1 heterocycles. The van der Waals surface area contributed by atoms with Crippen molar-refractivity contribution in [1.82, 2.24) is 10.2 Å². The lowest BCUT2D eigenvalue weighted by Crippen LogP contribution is -2.14. The highest BCUT2D eigenvalue weighted by Crippen LogP contribution is 2.34. The second-order valence-electron chi connectivity index (χ2n) is 3.03. The summed E-state index contributed by atoms with van der Waals surface area (Å²) in [5, 5.41) is 18.9. The van der Waals surface area contributed by atoms with Gasteiger partial charge in [-0.1, -0.05) is 28.3 Å². The molecule has 94 valence electrons. The van der Waals surface area contributed by atoms with Crippen molar-refractivity contribution in [3.8, 4) is 0 Å². The summed E-state index contributed by atoms with van der Waals surface area (Å²) in [6.07, 6.45) is 0. The lowest BCUT2D eigenvalue weighted by atomic mass is 10.2. The molecule has 0 radical (unpaired) electrons. The number of hydrogen-bond acceptors (Lipinski definition) is 6. The van der Waals surface area contributed by atoms with Gasteiger partial charge in [0.05, 0.1) is 9.37 Å². The molecule has 0 spiro atoms. The van der Waals surface area contributed by atoms with Crippen LogP contribution in [0.15, 0.2) is 36.5 Å². The monoisotopic (exact) mass is 348 g/mol. The SMILES string of the molecule is N/C(=N/O)c1ccc(Sc2nncs2)c(F)c1Br. The van der Waals surface area contributed by atoms with Crippen molar-refractivity contribution in [3.05, 3.63) is 33.5 Å². The fraction of sp³-hybridized carbons (Fsp3) is 0. The van der Waals surface area contributed by atoms with Crippen molar-refractivity contribution in [2.75, 3.05) is 0 Å². The van der Waals surface area contributed by atoms with E-state index in [1.165, 1.54) is 11.3 Å². The largest absolute Gasteiger partial charge is 0.409 e. The van der Waals surface area contributed by atoms with Gasteiger partial charge in [-0.05, 0) is 28.1 Å². The Bertz CT molecular complexity index is 591. The minimum absolute atomic E-state index is 0.146. The van der Waals surface area contributed by atoms with E-state index < -0.39 is 5.82 Å². The number of benzene rings is 1. The Morgan fingerprint density at radius 2 is 2.33 bits per heavy atom. The van der Waals surface area contributed by atoms with E-state index in [0.717, 1.165) is 11.8 Å². The van der Waals surface area contributed by atoms with Crippen LogP contribution in [0.3, 0.4) is 0 Å². The molecule has 2 aromatic rings. The van der Waals surface area contributed by atoms with E-state index in [0.29, 0.717) is 9.24 Å². The van der Waals surface area contributed by atoms with Crippen LogP contribution >= 0.6 is 39.0 Å². The highest BCUT2D eigenvalue weighted by Gasteiger charge is 2.15. The average Bonchev–Trinajstić information content (AvgIpc) is 2.87. The van der Waals surface area contributed by atoms with Crippen LogP contribution in [0.2, 0.25) is 0 Å². The number of hydrogen-bond donors (Lipinski definition) is 2. The fourth-order valence-electron chi connectivity index (χ4n) is 1.16. The average molecular weight is 349 g/mol. The summed E-state index contributed by atoms with van der Waals surface area (Å²) in [6.45, 7) is 0. The standard InChI is InChI=1S/C9H6BrFN4OS2/c10-6-4(8(12)15-16)1-2-5(7(6)11)18-9-14-13-3-17-9/h1-3,16H,(H2,12,15). The highest BCUT2D eigenvalue weighted by atomic mass is 79.9. The molecule has 3 N–H and O–H groups in total. The van der Waals surface area contributed by atoms with Gasteiger partial charge in [-0.15, -0.1) is 10.2 Å². The van der Waals surface area contributed by atoms with Crippen molar-refractivity contribution in [3.63, 3.8) is 0 Å². The predicted octanol–water partition coefficient (Wildman–Crippen LogP) is 2.69. The smallest absolute Gasteiger partial charge is 0.178 e. The normalized spacial score (nSPS) is 11.8. The third-order valence-corrected chi connectivity index (χ3v) is 4.56. The Balaban J connectivity index is 2.38. The zero-order valence-corrected chi connectivity index (χ0v) is 11.9. The maximum absolute atomic E-state index is 14.0. The van der Waals surface area contributed by atoms with Crippen LogP contribution in [0.4, 0.5) is 4.39 Å². The van der Waals surface area contributed by atoms with Crippen LogP contribution < -0.4 is 5.73 Å². The third kappa shape index (κ3) is 2.62. The molecule has 0 saturated carbocycles. The molecule has 0 amide bonds. The van der Waals surface area contributed by atoms with Gasteiger partial charge in [0.25, 0.3) is 0 Å². The van der Waals surface area contributed by atoms with Crippen molar-refractivity contribution in [2.24, 2.45) is 10.9 Å². The van der Waals surface area contributed by atoms with Gasteiger partial charge >= 0.3 is 0 Å². The maximum Gasteiger partial charge on any atom is 0.178 e. The van der Waals surface area contributed by atoms with Gasteiger partial charge in [-0.25, -0.2) is 4.39 Å². The Morgan fingerprint density at radius 3 is 2.94 bits per heavy atom. The van der Waals surface area contributed by atoms with Crippen molar-refractivity contribution >= 4 is 44.9 Å². The van der Waals surface area contributed by atoms with E-state index in [1.54, 1.807) is 17.6 Å². The number of amidine groups is 1. The van der Waals surface area contributed by atoms with E-state index in [4.69, 9.17) is 10.9 Å². The quantitative estimate of drug-likeness (QED) is 0.385. The van der Waals surface area contributed by atoms with Gasteiger partial charge in [-0.3, -0.25) is 0 Å². The molecule has 0 fully saturated rings. The van der Waals surface area contributed by atoms with Crippen LogP contribution in [0.5, 0.6) is 0 Å². The summed E-state index contributed by atoms with van der Waals surface area (Å²) in [4.78, 5) is 0.383. The Labute approximate surface area is 118 Å². The zero-order valence-electron chi connectivity index (χ0n) is 8.67. The summed E-state index contributed by atoms with van der Waals surface area (Å²) in [7, 11) is 0. The molecule has 0 saturated heterocycles. The first-order chi connectivity index (χ1) is 8.63. The minimum atomic E-state index is -0.487. The van der Waals surface area contributed by atoms with E-state index in [1.807, 2.05) is 0 Å². The topological polar surface area (TPSA) is 84.4 Å². The van der Waals surface area contributed by atoms with Crippen LogP contribution in [0, 0.1) is 5.82 Å². The molecule has 0 unspecified atom stereocenters. The fourth-order valence-corrected chi connectivity index (χ4v) is 3.32. The molecule has 0 aliphatic rings. The number of oxime groups is 1. The van der Waals surface area contributed by atoms with E-state index in [-0.39, 0.29) is 15.9 Å². The molecule has 2 rings (SSSR count). The highest BCUT2D eigenvalue weighted by molar-refractivity contribution is 9.10. The molecular weight excluding hydrogens is 343 g/mol. The van der Waals surface area contributed by atoms with Crippen molar-refractivity contribution in [1.29, 1.82) is 0 Å². The first kappa shape index (κ1) is 13.2. The molecule has 0 aliphatic heterocycles. The van der Waals surface area contributed by atoms with E-state index in [2.05, 4.69) is 31.3 Å². The number of halogens is 2. The number of nitrogens with two attached hydrogens (primary N) is 1. The Hall–Kier alpha value is -1.19. The molecule has 1 aromatic heterocycles. The first-order valence-corrected chi connectivity index (χ1v) is 7.02. The number of nitrogens with zero attached hydrogens (tertiary/aromatic N) is 3. The molecule has 0 atom stereocenters. The first-order valence-electron chi connectivity index (χ1n) is 4.53. The second kappa shape index (κ2) is 5.63. The summed E-state index contributed by atoms with van der Waals surface area (Å²) in [5.41, 5.74) is 7.28. The van der Waals surface area contributed by atoms with Crippen molar-refractivity contribution < 1.29 is 9.60 Å². The molecule has 1 aromatic carbocycles. The second-order valence-corrected chi connectivity index (χ2v) is 5.95. The Kier molecular flexibility index (Phi) is 4.15. The van der Waals surface area contributed by atoms with Gasteiger partial charge < -0.3 is 10.9 Å². The molecule has 9 heteroatoms. The maximum atomic E-state index is 14.0. The lowest BCUT2D eigenvalue weighted by Gasteiger charge is -2.07. The summed E-state index contributed by atoms with van der Waals surface area (Å²) < 4.78 is 14.8. The number of rotatable bonds is 3. The number of aromatic nitrogens is 2. The molecular formula is C9H6BrFN4OS2. The Morgan fingerprint density at radius 1 is 1.56 bits per heavy atom. The predicted molar refractivity (Wildman–Crippen MR) is 70.6 cm³/mol. The van der Waals surface area contributed by atoms with E-state index in [9.17, 15) is 4.39 Å². The van der Waals surface area contributed by atoms with Gasteiger partial charge in [0.1, 0.15) is 5.51 Å². The van der Waals surface area contributed by atoms with Crippen LogP contribution in [0.25, 0.3) is 0 Å². The summed E-state index contributed by atoms with van der Waals surface area (Å²) in [5.74, 6) is -0.646. The van der Waals surface area contributed by atoms with Gasteiger partial charge in [0.15, 0.2) is 16.0 Å². The van der Waals surface area contributed by atoms with Crippen molar-refractivity contribution in [2.45, 2.75) is 9.24 Å². The van der Waals surface area contributed by atoms with Crippen LogP contribution in [0.1, 0.15) is 5.56 Å². The van der Waals surface area contributed by atoms with Gasteiger partial charge in [0.2, 0.25) is 0 Å². The molecule has 0 aliphatic carbocycles. The van der Waals surface area contributed by atoms with Crippen LogP contribution in [-0.2, 0) is 0 Å². The zero-order chi connectivity index (χ0) is 13.1. The van der Waals surface area contributed by atoms with E-state index >= 15 is 0 Å². The van der Waals surface area contributed by atoms with Crippen LogP contribution in [-0.4, -0.2) is 21.2 Å². The summed E-state index contributed by atoms with van der Waals surface area (Å²) in [6, 6.07) is 3.10. The lowest BCUT2D eigenvalue weighted by molar-refractivity contribution is 0.318.